The molecule has 0 bridgehead atoms. The number of pyridine rings is 1. The van der Waals surface area contributed by atoms with Crippen LogP contribution in [0.15, 0.2) is 41.7 Å². The molecular formula is C21H28N8O2S. The third-order valence-electron chi connectivity index (χ3n) is 5.40. The molecule has 1 saturated heterocycles. The molecule has 4 rings (SSSR count). The average molecular weight is 457 g/mol. The van der Waals surface area contributed by atoms with Crippen LogP contribution in [0, 0.1) is 6.92 Å². The molecule has 0 aromatic carbocycles. The van der Waals surface area contributed by atoms with Gasteiger partial charge in [-0.3, -0.25) is 0 Å². The van der Waals surface area contributed by atoms with Crippen molar-refractivity contribution in [2.45, 2.75) is 31.7 Å². The van der Waals surface area contributed by atoms with Crippen molar-refractivity contribution in [1.29, 1.82) is 0 Å². The lowest BCUT2D eigenvalue weighted by Gasteiger charge is -2.34. The maximum atomic E-state index is 13.1. The molecule has 0 spiro atoms. The monoisotopic (exact) mass is 456 g/mol. The summed E-state index contributed by atoms with van der Waals surface area (Å²) in [6.07, 6.45) is 3.33. The number of sulfonamides is 1. The number of hydrogen-bond donors (Lipinski definition) is 1. The standard InChI is InChI=1S/C21H28N8O2S/c1-15(2)21-24-20(14-27(21)4)32(30,31)29-11-9-28(10-12-29)19-6-5-17(25-26-19)23-18-13-16(3)7-8-22-18/h5-8,13-15H,9-12H2,1-4H3,(H,22,23,25). The van der Waals surface area contributed by atoms with Crippen LogP contribution in [-0.4, -0.2) is 63.6 Å². The molecule has 0 radical (unpaired) electrons. The van der Waals surface area contributed by atoms with Gasteiger partial charge in [0.1, 0.15) is 11.6 Å². The fourth-order valence-corrected chi connectivity index (χ4v) is 5.11. The first-order valence-corrected chi connectivity index (χ1v) is 12.0. The Labute approximate surface area is 188 Å². The van der Waals surface area contributed by atoms with Crippen molar-refractivity contribution in [2.75, 3.05) is 36.4 Å². The van der Waals surface area contributed by atoms with E-state index in [0.717, 1.165) is 11.4 Å². The minimum atomic E-state index is -3.63. The van der Waals surface area contributed by atoms with Crippen LogP contribution in [0.1, 0.15) is 31.2 Å². The van der Waals surface area contributed by atoms with Crippen LogP contribution in [0.3, 0.4) is 0 Å². The third-order valence-corrected chi connectivity index (χ3v) is 7.17. The fraction of sp³-hybridized carbons (Fsp3) is 0.429. The minimum absolute atomic E-state index is 0.108. The summed E-state index contributed by atoms with van der Waals surface area (Å²) in [5.41, 5.74) is 1.10. The lowest BCUT2D eigenvalue weighted by Crippen LogP contribution is -2.49. The fourth-order valence-electron chi connectivity index (χ4n) is 3.70. The topological polar surface area (TPSA) is 109 Å². The molecule has 3 aromatic heterocycles. The molecule has 0 unspecified atom stereocenters. The first kappa shape index (κ1) is 22.2. The Morgan fingerprint density at radius 2 is 1.78 bits per heavy atom. The van der Waals surface area contributed by atoms with Crippen LogP contribution in [0.5, 0.6) is 0 Å². The van der Waals surface area contributed by atoms with Crippen molar-refractivity contribution in [2.24, 2.45) is 7.05 Å². The first-order valence-electron chi connectivity index (χ1n) is 10.6. The molecule has 1 N–H and O–H groups in total. The van der Waals surface area contributed by atoms with E-state index in [9.17, 15) is 8.42 Å². The number of nitrogens with zero attached hydrogens (tertiary/aromatic N) is 7. The van der Waals surface area contributed by atoms with Crippen LogP contribution in [0.4, 0.5) is 17.5 Å². The van der Waals surface area contributed by atoms with Gasteiger partial charge in [-0.25, -0.2) is 18.4 Å². The number of piperazine rings is 1. The lowest BCUT2D eigenvalue weighted by molar-refractivity contribution is 0.382. The number of imidazole rings is 1. The van der Waals surface area contributed by atoms with E-state index in [4.69, 9.17) is 0 Å². The number of anilines is 3. The molecule has 1 fully saturated rings. The summed E-state index contributed by atoms with van der Waals surface area (Å²) >= 11 is 0. The highest BCUT2D eigenvalue weighted by atomic mass is 32.2. The van der Waals surface area contributed by atoms with Gasteiger partial charge in [0, 0.05) is 51.5 Å². The molecule has 1 aliphatic rings. The average Bonchev–Trinajstić information content (AvgIpc) is 3.17. The quantitative estimate of drug-likeness (QED) is 0.602. The second-order valence-corrected chi connectivity index (χ2v) is 10.1. The Bertz CT molecular complexity index is 1180. The highest BCUT2D eigenvalue weighted by Gasteiger charge is 2.31. The molecule has 32 heavy (non-hydrogen) atoms. The van der Waals surface area contributed by atoms with E-state index in [1.165, 1.54) is 4.31 Å². The van der Waals surface area contributed by atoms with Gasteiger partial charge in [0.15, 0.2) is 16.7 Å². The Kier molecular flexibility index (Phi) is 6.11. The molecule has 170 valence electrons. The third kappa shape index (κ3) is 4.58. The summed E-state index contributed by atoms with van der Waals surface area (Å²) in [6.45, 7) is 7.79. The minimum Gasteiger partial charge on any atom is -0.352 e. The Hall–Kier alpha value is -3.05. The Balaban J connectivity index is 1.39. The predicted octanol–water partition coefficient (Wildman–Crippen LogP) is 2.29. The highest BCUT2D eigenvalue weighted by Crippen LogP contribution is 2.22. The number of aryl methyl sites for hydroxylation is 2. The predicted molar refractivity (Wildman–Crippen MR) is 123 cm³/mol. The maximum absolute atomic E-state index is 13.1. The molecule has 1 aliphatic heterocycles. The van der Waals surface area contributed by atoms with Gasteiger partial charge in [-0.05, 0) is 36.8 Å². The van der Waals surface area contributed by atoms with Gasteiger partial charge in [-0.15, -0.1) is 10.2 Å². The molecule has 0 amide bonds. The molecule has 11 heteroatoms. The second-order valence-electron chi connectivity index (χ2n) is 8.21. The summed E-state index contributed by atoms with van der Waals surface area (Å²) in [7, 11) is -1.80. The molecule has 0 saturated carbocycles. The van der Waals surface area contributed by atoms with Crippen molar-refractivity contribution < 1.29 is 8.42 Å². The zero-order chi connectivity index (χ0) is 22.9. The Morgan fingerprint density at radius 1 is 1.03 bits per heavy atom. The summed E-state index contributed by atoms with van der Waals surface area (Å²) in [4.78, 5) is 10.7. The van der Waals surface area contributed by atoms with E-state index in [1.807, 2.05) is 57.0 Å². The number of aromatic nitrogens is 5. The summed E-state index contributed by atoms with van der Waals surface area (Å²) in [6, 6.07) is 7.58. The molecule has 3 aromatic rings. The van der Waals surface area contributed by atoms with Gasteiger partial charge in [0.05, 0.1) is 0 Å². The van der Waals surface area contributed by atoms with Crippen LogP contribution in [-0.2, 0) is 17.1 Å². The van der Waals surface area contributed by atoms with Crippen molar-refractivity contribution in [3.8, 4) is 0 Å². The molecule has 0 atom stereocenters. The molecule has 10 nitrogen and oxygen atoms in total. The largest absolute Gasteiger partial charge is 0.352 e. The number of nitrogens with one attached hydrogen (secondary N) is 1. The van der Waals surface area contributed by atoms with E-state index in [-0.39, 0.29) is 10.9 Å². The van der Waals surface area contributed by atoms with E-state index < -0.39 is 10.0 Å². The van der Waals surface area contributed by atoms with Gasteiger partial charge >= 0.3 is 0 Å². The normalized spacial score (nSPS) is 15.3. The van der Waals surface area contributed by atoms with Gasteiger partial charge in [0.2, 0.25) is 0 Å². The highest BCUT2D eigenvalue weighted by molar-refractivity contribution is 7.89. The zero-order valence-corrected chi connectivity index (χ0v) is 19.5. The Morgan fingerprint density at radius 3 is 2.38 bits per heavy atom. The zero-order valence-electron chi connectivity index (χ0n) is 18.7. The first-order chi connectivity index (χ1) is 15.2. The maximum Gasteiger partial charge on any atom is 0.262 e. The van der Waals surface area contributed by atoms with Crippen LogP contribution in [0.25, 0.3) is 0 Å². The van der Waals surface area contributed by atoms with Gasteiger partial charge in [-0.2, -0.15) is 4.31 Å². The van der Waals surface area contributed by atoms with Crippen molar-refractivity contribution in [1.82, 2.24) is 29.0 Å². The van der Waals surface area contributed by atoms with E-state index >= 15 is 0 Å². The van der Waals surface area contributed by atoms with Crippen molar-refractivity contribution in [3.63, 3.8) is 0 Å². The molecular weight excluding hydrogens is 428 g/mol. The van der Waals surface area contributed by atoms with Crippen molar-refractivity contribution >= 4 is 27.5 Å². The van der Waals surface area contributed by atoms with Gasteiger partial charge < -0.3 is 14.8 Å². The van der Waals surface area contributed by atoms with Crippen LogP contribution in [0.2, 0.25) is 0 Å². The van der Waals surface area contributed by atoms with Crippen LogP contribution < -0.4 is 10.2 Å². The van der Waals surface area contributed by atoms with E-state index in [1.54, 1.807) is 17.0 Å². The summed E-state index contributed by atoms with van der Waals surface area (Å²) < 4.78 is 29.4. The molecule has 4 heterocycles. The van der Waals surface area contributed by atoms with Crippen molar-refractivity contribution in [3.05, 3.63) is 48.0 Å². The van der Waals surface area contributed by atoms with Gasteiger partial charge in [-0.1, -0.05) is 13.8 Å². The molecule has 0 aliphatic carbocycles. The SMILES string of the molecule is Cc1ccnc(Nc2ccc(N3CCN(S(=O)(=O)c4cn(C)c(C(C)C)n4)CC3)nn2)c1. The second kappa shape index (κ2) is 8.83. The summed E-state index contributed by atoms with van der Waals surface area (Å²) in [5.74, 6) is 2.93. The van der Waals surface area contributed by atoms with E-state index in [2.05, 4.69) is 25.5 Å². The van der Waals surface area contributed by atoms with Gasteiger partial charge in [0.25, 0.3) is 10.0 Å². The number of hydrogen-bond acceptors (Lipinski definition) is 8. The lowest BCUT2D eigenvalue weighted by atomic mass is 10.2. The van der Waals surface area contributed by atoms with E-state index in [0.29, 0.717) is 43.6 Å². The van der Waals surface area contributed by atoms with Crippen LogP contribution >= 0.6 is 0 Å². The summed E-state index contributed by atoms with van der Waals surface area (Å²) in [5, 5.41) is 11.8. The smallest absolute Gasteiger partial charge is 0.262 e. The number of rotatable bonds is 6.